The third-order valence-electron chi connectivity index (χ3n) is 3.50. The van der Waals surface area contributed by atoms with Gasteiger partial charge in [0.05, 0.1) is 0 Å². The van der Waals surface area contributed by atoms with Crippen molar-refractivity contribution in [1.29, 1.82) is 0 Å². The lowest BCUT2D eigenvalue weighted by Crippen LogP contribution is -2.17. The molecule has 0 aliphatic carbocycles. The van der Waals surface area contributed by atoms with Crippen molar-refractivity contribution in [2.75, 3.05) is 0 Å². The Bertz CT molecular complexity index is 729. The third kappa shape index (κ3) is 4.13. The number of hydrogen-bond donors (Lipinski definition) is 4. The normalized spacial score (nSPS) is 10.2. The van der Waals surface area contributed by atoms with E-state index in [-0.39, 0.29) is 29.9 Å². The maximum atomic E-state index is 11.9. The zero-order chi connectivity index (χ0) is 17.7. The van der Waals surface area contributed by atoms with Gasteiger partial charge in [0, 0.05) is 12.0 Å². The molecule has 6 nitrogen and oxygen atoms in total. The first-order valence-corrected chi connectivity index (χ1v) is 7.22. The van der Waals surface area contributed by atoms with E-state index < -0.39 is 11.9 Å². The molecule has 0 atom stereocenters. The molecule has 0 bridgehead atoms. The number of nitrogens with two attached hydrogens (primary N) is 1. The van der Waals surface area contributed by atoms with Gasteiger partial charge in [-0.05, 0) is 47.4 Å². The van der Waals surface area contributed by atoms with E-state index in [0.29, 0.717) is 16.7 Å². The van der Waals surface area contributed by atoms with Crippen molar-refractivity contribution in [3.8, 4) is 11.5 Å². The summed E-state index contributed by atoms with van der Waals surface area (Å²) in [7, 11) is 0. The summed E-state index contributed by atoms with van der Waals surface area (Å²) >= 11 is 0. The first-order valence-electron chi connectivity index (χ1n) is 7.22. The molecule has 124 valence electrons. The van der Waals surface area contributed by atoms with Crippen LogP contribution < -0.4 is 5.73 Å². The Morgan fingerprint density at radius 3 is 1.54 bits per heavy atom. The summed E-state index contributed by atoms with van der Waals surface area (Å²) in [6.45, 7) is 0. The number of phenolic OH excluding ortho intramolecular Hbond substituents is 2. The van der Waals surface area contributed by atoms with Gasteiger partial charge in [0.25, 0.3) is 0 Å². The second kappa shape index (κ2) is 7.32. The second-order valence-electron chi connectivity index (χ2n) is 5.21. The molecule has 0 radical (unpaired) electrons. The summed E-state index contributed by atoms with van der Waals surface area (Å²) in [5.41, 5.74) is 7.34. The fourth-order valence-corrected chi connectivity index (χ4v) is 2.37. The minimum absolute atomic E-state index is 0.0260. The highest BCUT2D eigenvalue weighted by atomic mass is 16.4. The maximum absolute atomic E-state index is 11.9. The maximum Gasteiger partial charge on any atom is 0.303 e. The predicted octanol–water partition coefficient (Wildman–Crippen LogP) is 2.25. The van der Waals surface area contributed by atoms with Gasteiger partial charge in [-0.25, -0.2) is 0 Å². The third-order valence-corrected chi connectivity index (χ3v) is 3.50. The molecular weight excluding hydrogens is 310 g/mol. The van der Waals surface area contributed by atoms with Gasteiger partial charge in [0.15, 0.2) is 0 Å². The minimum Gasteiger partial charge on any atom is -0.508 e. The molecule has 0 heterocycles. The summed E-state index contributed by atoms with van der Waals surface area (Å²) in [5.74, 6) is -1.62. The lowest BCUT2D eigenvalue weighted by molar-refractivity contribution is -0.136. The topological polar surface area (TPSA) is 121 Å². The van der Waals surface area contributed by atoms with Crippen molar-refractivity contribution in [2.45, 2.75) is 12.8 Å². The standard InChI is InChI=1S/C18H17NO5/c19-18(24)15(9-10-16(22)23)17(11-1-5-13(20)6-2-11)12-3-7-14(21)8-4-12/h1-8,20-21H,9-10H2,(H2,19,24)(H,22,23). The first kappa shape index (κ1) is 17.1. The highest BCUT2D eigenvalue weighted by Gasteiger charge is 2.17. The number of aliphatic carboxylic acids is 1. The number of carbonyl (C=O) groups excluding carboxylic acids is 1. The second-order valence-corrected chi connectivity index (χ2v) is 5.21. The zero-order valence-electron chi connectivity index (χ0n) is 12.8. The number of rotatable bonds is 6. The van der Waals surface area contributed by atoms with Crippen LogP contribution in [0.5, 0.6) is 11.5 Å². The molecule has 0 saturated carbocycles. The van der Waals surface area contributed by atoms with Crippen LogP contribution in [0.2, 0.25) is 0 Å². The zero-order valence-corrected chi connectivity index (χ0v) is 12.8. The molecule has 0 aromatic heterocycles. The summed E-state index contributed by atoms with van der Waals surface area (Å²) < 4.78 is 0. The minimum atomic E-state index is -1.04. The van der Waals surface area contributed by atoms with Gasteiger partial charge in [0.2, 0.25) is 5.91 Å². The molecule has 0 aliphatic rings. The van der Waals surface area contributed by atoms with E-state index >= 15 is 0 Å². The number of carbonyl (C=O) groups is 2. The van der Waals surface area contributed by atoms with E-state index in [1.54, 1.807) is 24.3 Å². The summed E-state index contributed by atoms with van der Waals surface area (Å²) in [6, 6.07) is 12.3. The summed E-state index contributed by atoms with van der Waals surface area (Å²) in [4.78, 5) is 22.8. The number of carboxylic acids is 1. The van der Waals surface area contributed by atoms with E-state index in [1.165, 1.54) is 24.3 Å². The number of benzene rings is 2. The Hall–Kier alpha value is -3.28. The summed E-state index contributed by atoms with van der Waals surface area (Å²) in [6.07, 6.45) is -0.264. The highest BCUT2D eigenvalue weighted by Crippen LogP contribution is 2.31. The van der Waals surface area contributed by atoms with Crippen molar-refractivity contribution < 1.29 is 24.9 Å². The molecule has 0 aliphatic heterocycles. The molecule has 5 N–H and O–H groups in total. The molecule has 2 aromatic rings. The Kier molecular flexibility index (Phi) is 5.21. The molecule has 2 rings (SSSR count). The van der Waals surface area contributed by atoms with E-state index in [2.05, 4.69) is 0 Å². The van der Waals surface area contributed by atoms with Crippen LogP contribution in [0.3, 0.4) is 0 Å². The Labute approximate surface area is 138 Å². The predicted molar refractivity (Wildman–Crippen MR) is 88.3 cm³/mol. The van der Waals surface area contributed by atoms with Crippen LogP contribution in [-0.4, -0.2) is 27.2 Å². The van der Waals surface area contributed by atoms with Crippen LogP contribution >= 0.6 is 0 Å². The monoisotopic (exact) mass is 327 g/mol. The highest BCUT2D eigenvalue weighted by molar-refractivity contribution is 6.04. The molecule has 0 saturated heterocycles. The van der Waals surface area contributed by atoms with Crippen LogP contribution in [-0.2, 0) is 9.59 Å². The smallest absolute Gasteiger partial charge is 0.303 e. The average Bonchev–Trinajstić information content (AvgIpc) is 2.53. The number of phenols is 2. The van der Waals surface area contributed by atoms with Gasteiger partial charge in [-0.3, -0.25) is 9.59 Å². The van der Waals surface area contributed by atoms with Gasteiger partial charge in [0.1, 0.15) is 11.5 Å². The molecule has 24 heavy (non-hydrogen) atoms. The quantitative estimate of drug-likeness (QED) is 0.606. The van der Waals surface area contributed by atoms with E-state index in [1.807, 2.05) is 0 Å². The molecule has 0 unspecified atom stereocenters. The largest absolute Gasteiger partial charge is 0.508 e. The van der Waals surface area contributed by atoms with Gasteiger partial charge >= 0.3 is 5.97 Å². The number of hydrogen-bond acceptors (Lipinski definition) is 4. The fraction of sp³-hybridized carbons (Fsp3) is 0.111. The van der Waals surface area contributed by atoms with E-state index in [0.717, 1.165) is 0 Å². The Morgan fingerprint density at radius 1 is 0.792 bits per heavy atom. The number of aromatic hydroxyl groups is 2. The Morgan fingerprint density at radius 2 is 1.21 bits per heavy atom. The van der Waals surface area contributed by atoms with Gasteiger partial charge in [-0.2, -0.15) is 0 Å². The molecule has 0 fully saturated rings. The molecular formula is C18H17NO5. The van der Waals surface area contributed by atoms with Crippen molar-refractivity contribution in [3.05, 3.63) is 65.2 Å². The van der Waals surface area contributed by atoms with Crippen LogP contribution in [0.1, 0.15) is 24.0 Å². The van der Waals surface area contributed by atoms with E-state index in [9.17, 15) is 19.8 Å². The number of carboxylic acid groups (broad SMARTS) is 1. The van der Waals surface area contributed by atoms with Crippen LogP contribution in [0.15, 0.2) is 54.1 Å². The van der Waals surface area contributed by atoms with Crippen molar-refractivity contribution in [1.82, 2.24) is 0 Å². The van der Waals surface area contributed by atoms with Crippen LogP contribution in [0, 0.1) is 0 Å². The van der Waals surface area contributed by atoms with Crippen LogP contribution in [0.25, 0.3) is 5.57 Å². The number of amides is 1. The molecule has 0 spiro atoms. The Balaban J connectivity index is 2.64. The van der Waals surface area contributed by atoms with Gasteiger partial charge in [-0.15, -0.1) is 0 Å². The molecule has 2 aromatic carbocycles. The summed E-state index contributed by atoms with van der Waals surface area (Å²) in [5, 5.41) is 27.8. The van der Waals surface area contributed by atoms with Gasteiger partial charge < -0.3 is 21.1 Å². The molecule has 6 heteroatoms. The molecule has 1 amide bonds. The van der Waals surface area contributed by atoms with Crippen molar-refractivity contribution in [2.24, 2.45) is 5.73 Å². The number of primary amides is 1. The van der Waals surface area contributed by atoms with Crippen molar-refractivity contribution >= 4 is 17.4 Å². The lowest BCUT2D eigenvalue weighted by atomic mass is 9.90. The van der Waals surface area contributed by atoms with Gasteiger partial charge in [-0.1, -0.05) is 24.3 Å². The lowest BCUT2D eigenvalue weighted by Gasteiger charge is -2.14. The van der Waals surface area contributed by atoms with Crippen molar-refractivity contribution in [3.63, 3.8) is 0 Å². The fourth-order valence-electron chi connectivity index (χ4n) is 2.37. The average molecular weight is 327 g/mol. The SMILES string of the molecule is NC(=O)C(CCC(=O)O)=C(c1ccc(O)cc1)c1ccc(O)cc1. The van der Waals surface area contributed by atoms with E-state index in [4.69, 9.17) is 10.8 Å². The van der Waals surface area contributed by atoms with Crippen LogP contribution in [0.4, 0.5) is 0 Å². The first-order chi connectivity index (χ1) is 11.4.